The summed E-state index contributed by atoms with van der Waals surface area (Å²) in [6.07, 6.45) is 4.54. The van der Waals surface area contributed by atoms with Crippen LogP contribution in [0.2, 0.25) is 10.0 Å². The molecule has 0 aliphatic carbocycles. The van der Waals surface area contributed by atoms with E-state index in [1.54, 1.807) is 31.5 Å². The molecule has 1 fully saturated rings. The summed E-state index contributed by atoms with van der Waals surface area (Å²) in [5, 5.41) is 15.3. The van der Waals surface area contributed by atoms with E-state index in [0.717, 1.165) is 66.0 Å². The lowest BCUT2D eigenvalue weighted by molar-refractivity contribution is -0.119. The van der Waals surface area contributed by atoms with Gasteiger partial charge in [-0.25, -0.2) is 9.97 Å². The fourth-order valence-corrected chi connectivity index (χ4v) is 7.89. The molecular formula is C40H39Cl2N9O4. The largest absolute Gasteiger partial charge is 0.481 e. The van der Waals surface area contributed by atoms with Crippen LogP contribution >= 0.6 is 23.2 Å². The van der Waals surface area contributed by atoms with Crippen LogP contribution in [0.25, 0.3) is 33.5 Å². The fourth-order valence-electron chi connectivity index (χ4n) is 7.32. The maximum absolute atomic E-state index is 13.7. The Hall–Kier alpha value is -5.34. The van der Waals surface area contributed by atoms with Crippen molar-refractivity contribution in [2.75, 3.05) is 32.1 Å². The Kier molecular flexibility index (Phi) is 10.5. The third kappa shape index (κ3) is 7.52. The SMILES string of the molecule is COc1nc(-c2ccnc(-c3cccc(NC(=O)c4nc5c(n4C)CCN(CCc4noc6ccccc46)C5)c3Cl)c2Cl)ccc1CNC[C@H]1CCC(=O)N1. The van der Waals surface area contributed by atoms with Gasteiger partial charge in [-0.2, -0.15) is 0 Å². The number of aromatic nitrogens is 5. The number of imidazole rings is 1. The molecule has 55 heavy (non-hydrogen) atoms. The monoisotopic (exact) mass is 779 g/mol. The lowest BCUT2D eigenvalue weighted by atomic mass is 10.1. The number of methoxy groups -OCH3 is 1. The molecule has 8 rings (SSSR count). The molecule has 13 nitrogen and oxygen atoms in total. The zero-order valence-corrected chi connectivity index (χ0v) is 31.9. The van der Waals surface area contributed by atoms with Crippen molar-refractivity contribution in [3.8, 4) is 28.4 Å². The van der Waals surface area contributed by atoms with Crippen molar-refractivity contribution < 1.29 is 18.8 Å². The summed E-state index contributed by atoms with van der Waals surface area (Å²) in [6.45, 7) is 3.45. The van der Waals surface area contributed by atoms with Crippen molar-refractivity contribution in [2.45, 2.75) is 44.8 Å². The molecule has 4 aromatic heterocycles. The van der Waals surface area contributed by atoms with Gasteiger partial charge in [0, 0.05) is 99.0 Å². The molecule has 2 aliphatic heterocycles. The Morgan fingerprint density at radius 1 is 1.04 bits per heavy atom. The number of hydrogen-bond donors (Lipinski definition) is 3. The van der Waals surface area contributed by atoms with Crippen molar-refractivity contribution in [1.82, 2.24) is 40.2 Å². The van der Waals surface area contributed by atoms with Crippen LogP contribution < -0.4 is 20.7 Å². The highest BCUT2D eigenvalue weighted by molar-refractivity contribution is 6.39. The van der Waals surface area contributed by atoms with Gasteiger partial charge in [-0.05, 0) is 36.8 Å². The van der Waals surface area contributed by atoms with Gasteiger partial charge in [-0.1, -0.05) is 58.7 Å². The van der Waals surface area contributed by atoms with Gasteiger partial charge in [-0.15, -0.1) is 0 Å². The van der Waals surface area contributed by atoms with Gasteiger partial charge >= 0.3 is 0 Å². The molecule has 0 bridgehead atoms. The van der Waals surface area contributed by atoms with Crippen LogP contribution in [0.1, 0.15) is 46.1 Å². The summed E-state index contributed by atoms with van der Waals surface area (Å²) in [4.78, 5) is 41.7. The number of ether oxygens (including phenoxy) is 1. The van der Waals surface area contributed by atoms with Crippen LogP contribution in [0.3, 0.4) is 0 Å². The van der Waals surface area contributed by atoms with Gasteiger partial charge in [0.05, 0.1) is 45.6 Å². The molecule has 0 saturated carbocycles. The van der Waals surface area contributed by atoms with E-state index in [9.17, 15) is 9.59 Å². The first-order valence-corrected chi connectivity index (χ1v) is 18.9. The van der Waals surface area contributed by atoms with Gasteiger partial charge in [0.1, 0.15) is 0 Å². The second-order valence-electron chi connectivity index (χ2n) is 13.7. The zero-order valence-electron chi connectivity index (χ0n) is 30.4. The van der Waals surface area contributed by atoms with E-state index < -0.39 is 0 Å². The lowest BCUT2D eigenvalue weighted by Crippen LogP contribution is -2.35. The highest BCUT2D eigenvalue weighted by Crippen LogP contribution is 2.40. The standard InChI is InChI=1S/C40H39Cl2N9O4/c1-50-32-16-19-51(18-15-29-25-6-3-4-9-33(25)55-49-29)22-31(32)46-38(50)39(53)47-30-8-5-7-27(35(30)41)37-36(42)26(14-17-44-37)28-12-10-23(40(48-28)54-2)20-43-21-24-11-13-34(52)45-24/h3-10,12,14,17,24,43H,11,13,15-16,18-22H2,1-2H3,(H,45,52)(H,47,53)/t24-/m1/s1. The third-order valence-corrected chi connectivity index (χ3v) is 11.0. The molecule has 1 atom stereocenters. The molecule has 2 aliphatic rings. The minimum atomic E-state index is -0.372. The van der Waals surface area contributed by atoms with Gasteiger partial charge in [0.15, 0.2) is 11.4 Å². The number of pyridine rings is 2. The van der Waals surface area contributed by atoms with Crippen molar-refractivity contribution in [2.24, 2.45) is 7.05 Å². The van der Waals surface area contributed by atoms with Crippen LogP contribution in [-0.2, 0) is 37.8 Å². The summed E-state index contributed by atoms with van der Waals surface area (Å²) in [5.74, 6) is 0.477. The number of nitrogens with zero attached hydrogens (tertiary/aromatic N) is 6. The molecule has 0 spiro atoms. The number of carbonyl (C=O) groups is 2. The number of amides is 2. The third-order valence-electron chi connectivity index (χ3n) is 10.2. The van der Waals surface area contributed by atoms with Crippen LogP contribution in [0.15, 0.2) is 71.4 Å². The van der Waals surface area contributed by atoms with Gasteiger partial charge in [-0.3, -0.25) is 19.5 Å². The highest BCUT2D eigenvalue weighted by atomic mass is 35.5. The molecular weight excluding hydrogens is 741 g/mol. The van der Waals surface area contributed by atoms with E-state index in [2.05, 4.69) is 31.0 Å². The molecule has 6 aromatic rings. The first-order chi connectivity index (χ1) is 26.8. The van der Waals surface area contributed by atoms with Gasteiger partial charge < -0.3 is 29.8 Å². The number of anilines is 1. The Labute approximate surface area is 327 Å². The minimum Gasteiger partial charge on any atom is -0.481 e. The number of benzene rings is 2. The quantitative estimate of drug-likeness (QED) is 0.131. The number of fused-ring (bicyclic) bond motifs is 2. The number of carbonyl (C=O) groups excluding carboxylic acids is 2. The Bertz CT molecular complexity index is 2410. The first kappa shape index (κ1) is 36.6. The Balaban J connectivity index is 0.955. The summed E-state index contributed by atoms with van der Waals surface area (Å²) < 4.78 is 13.0. The highest BCUT2D eigenvalue weighted by Gasteiger charge is 2.27. The van der Waals surface area contributed by atoms with E-state index in [1.165, 1.54) is 0 Å². The van der Waals surface area contributed by atoms with Crippen molar-refractivity contribution in [1.29, 1.82) is 0 Å². The maximum atomic E-state index is 13.7. The molecule has 0 unspecified atom stereocenters. The second kappa shape index (κ2) is 15.8. The normalized spacial score (nSPS) is 15.6. The first-order valence-electron chi connectivity index (χ1n) is 18.2. The molecule has 1 saturated heterocycles. The maximum Gasteiger partial charge on any atom is 0.291 e. The van der Waals surface area contributed by atoms with E-state index in [1.807, 2.05) is 54.1 Å². The van der Waals surface area contributed by atoms with Crippen LogP contribution in [-0.4, -0.2) is 74.2 Å². The predicted octanol–water partition coefficient (Wildman–Crippen LogP) is 6.22. The number of rotatable bonds is 12. The number of nitrogens with one attached hydrogen (secondary N) is 3. The van der Waals surface area contributed by atoms with Crippen LogP contribution in [0.5, 0.6) is 5.88 Å². The van der Waals surface area contributed by atoms with E-state index in [-0.39, 0.29) is 17.9 Å². The zero-order chi connectivity index (χ0) is 38.1. The van der Waals surface area contributed by atoms with Crippen LogP contribution in [0.4, 0.5) is 5.69 Å². The molecule has 3 N–H and O–H groups in total. The average Bonchev–Trinajstić information content (AvgIpc) is 3.91. The van der Waals surface area contributed by atoms with Gasteiger partial charge in [0.2, 0.25) is 11.8 Å². The predicted molar refractivity (Wildman–Crippen MR) is 210 cm³/mol. The number of hydrogen-bond acceptors (Lipinski definition) is 10. The average molecular weight is 781 g/mol. The van der Waals surface area contributed by atoms with E-state index in [0.29, 0.717) is 76.0 Å². The molecule has 6 heterocycles. The smallest absolute Gasteiger partial charge is 0.291 e. The molecule has 0 radical (unpaired) electrons. The fraction of sp³-hybridized carbons (Fsp3) is 0.300. The summed E-state index contributed by atoms with van der Waals surface area (Å²) in [6, 6.07) is 18.9. The van der Waals surface area contributed by atoms with Crippen LogP contribution in [0, 0.1) is 0 Å². The summed E-state index contributed by atoms with van der Waals surface area (Å²) >= 11 is 14.0. The molecule has 15 heteroatoms. The summed E-state index contributed by atoms with van der Waals surface area (Å²) in [5.41, 5.74) is 7.15. The summed E-state index contributed by atoms with van der Waals surface area (Å²) in [7, 11) is 3.44. The van der Waals surface area contributed by atoms with Gasteiger partial charge in [0.25, 0.3) is 5.91 Å². The number of halogens is 2. The van der Waals surface area contributed by atoms with E-state index in [4.69, 9.17) is 42.4 Å². The van der Waals surface area contributed by atoms with Crippen molar-refractivity contribution >= 4 is 51.7 Å². The lowest BCUT2D eigenvalue weighted by Gasteiger charge is -2.26. The Morgan fingerprint density at radius 3 is 2.75 bits per heavy atom. The second-order valence-corrected chi connectivity index (χ2v) is 14.5. The van der Waals surface area contributed by atoms with E-state index >= 15 is 0 Å². The molecule has 2 aromatic carbocycles. The topological polar surface area (TPSA) is 152 Å². The minimum absolute atomic E-state index is 0.0857. The number of para-hydroxylation sites is 1. The molecule has 282 valence electrons. The van der Waals surface area contributed by atoms with Crippen molar-refractivity contribution in [3.63, 3.8) is 0 Å². The molecule has 2 amide bonds. The van der Waals surface area contributed by atoms with Crippen molar-refractivity contribution in [3.05, 3.63) is 105 Å². The Morgan fingerprint density at radius 2 is 1.91 bits per heavy atom.